The van der Waals surface area contributed by atoms with Crippen molar-refractivity contribution in [3.05, 3.63) is 65.0 Å². The van der Waals surface area contributed by atoms with E-state index in [-0.39, 0.29) is 5.97 Å². The Labute approximate surface area is 106 Å². The van der Waals surface area contributed by atoms with E-state index in [1.54, 1.807) is 12.3 Å². The number of aryl methyl sites for hydroxylation is 1. The van der Waals surface area contributed by atoms with Crippen LogP contribution in [-0.4, -0.2) is 18.1 Å². The molecule has 0 atom stereocenters. The van der Waals surface area contributed by atoms with Crippen molar-refractivity contribution < 1.29 is 9.53 Å². The zero-order chi connectivity index (χ0) is 13.0. The molecule has 0 fully saturated rings. The highest BCUT2D eigenvalue weighted by Gasteiger charge is 2.06. The molecule has 0 saturated heterocycles. The predicted molar refractivity (Wildman–Crippen MR) is 69.6 cm³/mol. The molecule has 0 spiro atoms. The number of methoxy groups -OCH3 is 1. The fourth-order valence-corrected chi connectivity index (χ4v) is 1.83. The molecule has 0 saturated carbocycles. The van der Waals surface area contributed by atoms with Crippen molar-refractivity contribution >= 4 is 5.97 Å². The number of aromatic nitrogens is 1. The van der Waals surface area contributed by atoms with Gasteiger partial charge in [0.15, 0.2) is 0 Å². The minimum absolute atomic E-state index is 0.311. The van der Waals surface area contributed by atoms with Gasteiger partial charge in [-0.05, 0) is 42.3 Å². The third kappa shape index (κ3) is 2.94. The summed E-state index contributed by atoms with van der Waals surface area (Å²) in [7, 11) is 1.39. The Balaban J connectivity index is 2.22. The molecule has 0 unspecified atom stereocenters. The average molecular weight is 241 g/mol. The van der Waals surface area contributed by atoms with Crippen LogP contribution in [0.5, 0.6) is 0 Å². The van der Waals surface area contributed by atoms with E-state index in [1.165, 1.54) is 12.7 Å². The second-order valence-corrected chi connectivity index (χ2v) is 4.19. The van der Waals surface area contributed by atoms with Crippen molar-refractivity contribution in [3.8, 4) is 0 Å². The summed E-state index contributed by atoms with van der Waals surface area (Å²) in [4.78, 5) is 15.7. The first-order valence-electron chi connectivity index (χ1n) is 5.78. The van der Waals surface area contributed by atoms with E-state index in [9.17, 15) is 4.79 Å². The Hall–Kier alpha value is -2.16. The highest BCUT2D eigenvalue weighted by molar-refractivity contribution is 5.89. The summed E-state index contributed by atoms with van der Waals surface area (Å²) >= 11 is 0. The maximum Gasteiger partial charge on any atom is 0.337 e. The van der Waals surface area contributed by atoms with Gasteiger partial charge >= 0.3 is 5.97 Å². The van der Waals surface area contributed by atoms with Crippen LogP contribution in [0.3, 0.4) is 0 Å². The number of carbonyl (C=O) groups is 1. The second kappa shape index (κ2) is 5.45. The zero-order valence-corrected chi connectivity index (χ0v) is 10.5. The lowest BCUT2D eigenvalue weighted by molar-refractivity contribution is 0.0600. The van der Waals surface area contributed by atoms with E-state index in [2.05, 4.69) is 4.98 Å². The lowest BCUT2D eigenvalue weighted by Crippen LogP contribution is -2.02. The Morgan fingerprint density at radius 3 is 2.83 bits per heavy atom. The number of hydrogen-bond acceptors (Lipinski definition) is 3. The number of esters is 1. The van der Waals surface area contributed by atoms with Crippen molar-refractivity contribution in [1.82, 2.24) is 4.98 Å². The summed E-state index contributed by atoms with van der Waals surface area (Å²) in [6, 6.07) is 11.4. The van der Waals surface area contributed by atoms with Gasteiger partial charge in [-0.25, -0.2) is 4.79 Å². The van der Waals surface area contributed by atoms with Crippen LogP contribution in [0.1, 0.15) is 27.2 Å². The molecular formula is C15H15NO2. The van der Waals surface area contributed by atoms with Crippen molar-refractivity contribution in [2.24, 2.45) is 0 Å². The van der Waals surface area contributed by atoms with Gasteiger partial charge in [0.2, 0.25) is 0 Å². The van der Waals surface area contributed by atoms with E-state index in [1.807, 2.05) is 37.3 Å². The summed E-state index contributed by atoms with van der Waals surface area (Å²) in [6.07, 6.45) is 2.52. The topological polar surface area (TPSA) is 39.2 Å². The molecule has 0 N–H and O–H groups in total. The normalized spacial score (nSPS) is 10.1. The van der Waals surface area contributed by atoms with Crippen LogP contribution >= 0.6 is 0 Å². The highest BCUT2D eigenvalue weighted by atomic mass is 16.5. The summed E-state index contributed by atoms with van der Waals surface area (Å²) in [6.45, 7) is 2.04. The molecule has 2 aromatic rings. The van der Waals surface area contributed by atoms with E-state index >= 15 is 0 Å². The maximum absolute atomic E-state index is 11.4. The summed E-state index contributed by atoms with van der Waals surface area (Å²) in [5.74, 6) is -0.311. The van der Waals surface area contributed by atoms with Gasteiger partial charge in [-0.1, -0.05) is 12.1 Å². The molecule has 1 aromatic carbocycles. The number of pyridine rings is 1. The van der Waals surface area contributed by atoms with E-state index in [4.69, 9.17) is 4.74 Å². The van der Waals surface area contributed by atoms with Crippen LogP contribution in [0.4, 0.5) is 0 Å². The number of benzene rings is 1. The Bertz CT molecular complexity index is 564. The largest absolute Gasteiger partial charge is 0.465 e. The molecular weight excluding hydrogens is 226 g/mol. The first-order chi connectivity index (χ1) is 8.69. The Kier molecular flexibility index (Phi) is 3.72. The lowest BCUT2D eigenvalue weighted by Gasteiger charge is -2.04. The summed E-state index contributed by atoms with van der Waals surface area (Å²) < 4.78 is 4.71. The molecule has 1 aromatic heterocycles. The van der Waals surface area contributed by atoms with Crippen LogP contribution in [0.2, 0.25) is 0 Å². The van der Waals surface area contributed by atoms with E-state index < -0.39 is 0 Å². The van der Waals surface area contributed by atoms with Gasteiger partial charge in [-0.3, -0.25) is 4.98 Å². The van der Waals surface area contributed by atoms with Gasteiger partial charge < -0.3 is 4.74 Å². The van der Waals surface area contributed by atoms with Gasteiger partial charge in [0, 0.05) is 18.3 Å². The molecule has 3 nitrogen and oxygen atoms in total. The van der Waals surface area contributed by atoms with Crippen LogP contribution in [0, 0.1) is 6.92 Å². The summed E-state index contributed by atoms with van der Waals surface area (Å²) in [5.41, 5.74) is 3.81. The lowest BCUT2D eigenvalue weighted by atomic mass is 10.1. The van der Waals surface area contributed by atoms with Gasteiger partial charge in [0.05, 0.1) is 12.7 Å². The minimum Gasteiger partial charge on any atom is -0.465 e. The minimum atomic E-state index is -0.311. The van der Waals surface area contributed by atoms with Crippen molar-refractivity contribution in [2.75, 3.05) is 7.11 Å². The van der Waals surface area contributed by atoms with Gasteiger partial charge in [0.1, 0.15) is 0 Å². The van der Waals surface area contributed by atoms with Crippen LogP contribution in [0.15, 0.2) is 42.6 Å². The van der Waals surface area contributed by atoms with Crippen molar-refractivity contribution in [1.29, 1.82) is 0 Å². The quantitative estimate of drug-likeness (QED) is 0.776. The van der Waals surface area contributed by atoms with Gasteiger partial charge in [0.25, 0.3) is 0 Å². The molecule has 3 heteroatoms. The monoisotopic (exact) mass is 241 g/mol. The molecule has 92 valence electrons. The first kappa shape index (κ1) is 12.3. The zero-order valence-electron chi connectivity index (χ0n) is 10.5. The van der Waals surface area contributed by atoms with Crippen LogP contribution in [-0.2, 0) is 11.2 Å². The number of hydrogen-bond donors (Lipinski definition) is 0. The Morgan fingerprint density at radius 1 is 1.28 bits per heavy atom. The first-order valence-corrected chi connectivity index (χ1v) is 5.78. The predicted octanol–water partition coefficient (Wildman–Crippen LogP) is 2.77. The van der Waals surface area contributed by atoms with Crippen molar-refractivity contribution in [2.45, 2.75) is 13.3 Å². The number of rotatable bonds is 3. The van der Waals surface area contributed by atoms with E-state index in [0.717, 1.165) is 11.3 Å². The average Bonchev–Trinajstić information content (AvgIpc) is 2.38. The van der Waals surface area contributed by atoms with Gasteiger partial charge in [-0.2, -0.15) is 0 Å². The summed E-state index contributed by atoms with van der Waals surface area (Å²) in [5, 5.41) is 0. The molecule has 0 aliphatic heterocycles. The third-order valence-corrected chi connectivity index (χ3v) is 2.71. The maximum atomic E-state index is 11.4. The fraction of sp³-hybridized carbons (Fsp3) is 0.200. The Morgan fingerprint density at radius 2 is 2.11 bits per heavy atom. The molecule has 0 bridgehead atoms. The number of nitrogens with zero attached hydrogens (tertiary/aromatic N) is 1. The SMILES string of the molecule is COC(=O)c1cccc(Cc2cc(C)ccn2)c1. The van der Waals surface area contributed by atoms with E-state index in [0.29, 0.717) is 12.0 Å². The molecule has 2 rings (SSSR count). The van der Waals surface area contributed by atoms with Crippen LogP contribution in [0.25, 0.3) is 0 Å². The third-order valence-electron chi connectivity index (χ3n) is 2.71. The molecule has 1 heterocycles. The highest BCUT2D eigenvalue weighted by Crippen LogP contribution is 2.11. The standard InChI is InChI=1S/C15H15NO2/c1-11-6-7-16-14(8-11)10-12-4-3-5-13(9-12)15(17)18-2/h3-9H,10H2,1-2H3. The molecule has 0 aliphatic carbocycles. The van der Waals surface area contributed by atoms with Crippen molar-refractivity contribution in [3.63, 3.8) is 0 Å². The van der Waals surface area contributed by atoms with Crippen LogP contribution < -0.4 is 0 Å². The number of ether oxygens (including phenoxy) is 1. The molecule has 0 amide bonds. The second-order valence-electron chi connectivity index (χ2n) is 4.19. The van der Waals surface area contributed by atoms with Gasteiger partial charge in [-0.15, -0.1) is 0 Å². The number of carbonyl (C=O) groups excluding carboxylic acids is 1. The molecule has 0 aliphatic rings. The molecule has 18 heavy (non-hydrogen) atoms. The molecule has 0 radical (unpaired) electrons. The fourth-order valence-electron chi connectivity index (χ4n) is 1.83. The smallest absolute Gasteiger partial charge is 0.337 e.